The second kappa shape index (κ2) is 25.2. The number of nitrogens with zero attached hydrogens (tertiary/aromatic N) is 8. The lowest BCUT2D eigenvalue weighted by molar-refractivity contribution is -0.332. The minimum Gasteiger partial charge on any atom is -0.462 e. The lowest BCUT2D eigenvalue weighted by Crippen LogP contribution is -2.69. The highest BCUT2D eigenvalue weighted by atomic mass is 16.7. The molecule has 2 aromatic heterocycles. The lowest BCUT2D eigenvalue weighted by atomic mass is 9.75. The average Bonchev–Trinajstić information content (AvgIpc) is 0.730. The molecule has 23 heteroatoms. The van der Waals surface area contributed by atoms with Gasteiger partial charge in [0.05, 0.1) is 74.5 Å². The van der Waals surface area contributed by atoms with E-state index in [-0.39, 0.29) is 82.5 Å². The number of aromatic nitrogens is 6. The first-order valence-corrected chi connectivity index (χ1v) is 35.8. The second-order valence-corrected chi connectivity index (χ2v) is 36.0. The molecule has 11 heterocycles. The predicted molar refractivity (Wildman–Crippen MR) is 359 cm³/mol. The number of nitrogens with one attached hydrogen (secondary N) is 3. The summed E-state index contributed by atoms with van der Waals surface area (Å²) in [6, 6.07) is 0.772. The molecular formula is C71H121N11O12. The third kappa shape index (κ3) is 15.8. The van der Waals surface area contributed by atoms with Crippen molar-refractivity contribution in [2.75, 3.05) is 102 Å². The maximum Gasteiger partial charge on any atom is 0.324 e. The Hall–Kier alpha value is -3.62. The Labute approximate surface area is 562 Å². The van der Waals surface area contributed by atoms with E-state index in [2.05, 4.69) is 164 Å². The van der Waals surface area contributed by atoms with E-state index in [0.29, 0.717) is 84.2 Å². The van der Waals surface area contributed by atoms with Gasteiger partial charge in [0.2, 0.25) is 11.9 Å². The van der Waals surface area contributed by atoms with E-state index in [4.69, 9.17) is 86.7 Å². The summed E-state index contributed by atoms with van der Waals surface area (Å²) in [5.74, 6) is -1.98. The summed E-state index contributed by atoms with van der Waals surface area (Å²) in [4.78, 5) is 34.4. The molecule has 9 saturated heterocycles. The number of hydrogen-bond donors (Lipinski definition) is 3. The fraction of sp³-hybridized carbons (Fsp3) is 0.915. The molecule has 11 rings (SSSR count). The van der Waals surface area contributed by atoms with Crippen LogP contribution in [0.4, 0.5) is 11.9 Å². The van der Waals surface area contributed by atoms with E-state index < -0.39 is 50.5 Å². The lowest BCUT2D eigenvalue weighted by Gasteiger charge is -2.60. The fourth-order valence-corrected chi connectivity index (χ4v) is 18.2. The van der Waals surface area contributed by atoms with E-state index in [1.54, 1.807) is 0 Å². The molecule has 532 valence electrons. The molecule has 9 aliphatic rings. The van der Waals surface area contributed by atoms with Crippen LogP contribution in [0.3, 0.4) is 0 Å². The van der Waals surface area contributed by atoms with E-state index in [0.717, 1.165) is 90.1 Å². The van der Waals surface area contributed by atoms with E-state index in [1.165, 1.54) is 6.42 Å². The Balaban J connectivity index is 0.789. The Morgan fingerprint density at radius 3 is 0.798 bits per heavy atom. The van der Waals surface area contributed by atoms with Crippen molar-refractivity contribution >= 4 is 11.9 Å². The molecular weight excluding hydrogens is 1200 g/mol. The monoisotopic (exact) mass is 1320 g/mol. The summed E-state index contributed by atoms with van der Waals surface area (Å²) >= 11 is 0. The van der Waals surface area contributed by atoms with Crippen molar-refractivity contribution in [2.45, 2.75) is 302 Å². The number of ether oxygens (including phenoxy) is 12. The molecule has 0 radical (unpaired) electrons. The molecule has 0 unspecified atom stereocenters. The topological polar surface area (TPSA) is 231 Å². The Kier molecular flexibility index (Phi) is 19.2. The summed E-state index contributed by atoms with van der Waals surface area (Å²) in [5.41, 5.74) is -3.97. The van der Waals surface area contributed by atoms with E-state index in [9.17, 15) is 0 Å². The molecule has 0 bridgehead atoms. The zero-order chi connectivity index (χ0) is 68.0. The Morgan fingerprint density at radius 1 is 0.319 bits per heavy atom. The quantitative estimate of drug-likeness (QED) is 0.126. The van der Waals surface area contributed by atoms with Gasteiger partial charge in [-0.15, -0.1) is 9.97 Å². The highest BCUT2D eigenvalue weighted by Gasteiger charge is 2.60. The fourth-order valence-electron chi connectivity index (χ4n) is 18.2. The van der Waals surface area contributed by atoms with Crippen molar-refractivity contribution in [3.8, 4) is 24.0 Å². The van der Waals surface area contributed by atoms with Crippen LogP contribution in [0.15, 0.2) is 0 Å². The van der Waals surface area contributed by atoms with Crippen molar-refractivity contribution in [2.24, 2.45) is 21.7 Å². The normalized spacial score (nSPS) is 28.9. The first-order chi connectivity index (χ1) is 43.7. The molecule has 9 fully saturated rings. The first-order valence-electron chi connectivity index (χ1n) is 35.8. The van der Waals surface area contributed by atoms with Crippen LogP contribution in [-0.4, -0.2) is 190 Å². The summed E-state index contributed by atoms with van der Waals surface area (Å²) in [5, 5.41) is 11.3. The molecule has 94 heavy (non-hydrogen) atoms. The van der Waals surface area contributed by atoms with Gasteiger partial charge in [-0.05, 0) is 156 Å². The first kappa shape index (κ1) is 71.7. The number of anilines is 2. The molecule has 2 aromatic rings. The number of piperidine rings is 5. The van der Waals surface area contributed by atoms with Gasteiger partial charge in [0.1, 0.15) is 26.4 Å². The Morgan fingerprint density at radius 2 is 0.553 bits per heavy atom. The molecule has 0 aliphatic carbocycles. The van der Waals surface area contributed by atoms with Crippen LogP contribution in [-0.2, 0) is 37.9 Å². The standard InChI is InChI=1S/C71H121N11O12/c1-21-64(42-87-68(88-43-64)30-56(5,6)78-57(7,8)31-68)38-83-52-72-50(81-28-26-25-27-29-81)73-53(76-52)84-39-67(24-4)48-93-71(94-49-67)36-62(17,18)82(63(19,20)37-71)51-74-54(85-40-65(22-2)44-89-69(90-45-65)32-58(9,10)79-59(11,12)33-69)77-55(75-51)86-41-66(23-3)46-91-70(92-47-66)34-60(13,14)80-61(15,16)35-70/h78-80H,21-49H2,1-20H3. The van der Waals surface area contributed by atoms with Gasteiger partial charge >= 0.3 is 24.0 Å². The van der Waals surface area contributed by atoms with Gasteiger partial charge in [-0.2, -0.15) is 19.9 Å². The molecule has 4 spiro atoms. The Bertz CT molecular complexity index is 2790. The zero-order valence-electron chi connectivity index (χ0n) is 61.5. The highest BCUT2D eigenvalue weighted by Crippen LogP contribution is 2.53. The molecule has 0 saturated carbocycles. The van der Waals surface area contributed by atoms with Gasteiger partial charge in [0.25, 0.3) is 0 Å². The summed E-state index contributed by atoms with van der Waals surface area (Å²) < 4.78 is 82.0. The minimum absolute atomic E-state index is 0.137. The van der Waals surface area contributed by atoms with Crippen LogP contribution in [0.1, 0.15) is 235 Å². The maximum atomic E-state index is 7.13. The minimum atomic E-state index is -0.930. The van der Waals surface area contributed by atoms with Crippen LogP contribution in [0, 0.1) is 21.7 Å². The largest absolute Gasteiger partial charge is 0.462 e. The molecule has 0 aromatic carbocycles. The third-order valence-electron chi connectivity index (χ3n) is 22.1. The predicted octanol–water partition coefficient (Wildman–Crippen LogP) is 10.8. The zero-order valence-corrected chi connectivity index (χ0v) is 61.5. The van der Waals surface area contributed by atoms with Crippen molar-refractivity contribution in [3.05, 3.63) is 0 Å². The van der Waals surface area contributed by atoms with Crippen molar-refractivity contribution in [3.63, 3.8) is 0 Å². The number of rotatable bonds is 18. The van der Waals surface area contributed by atoms with E-state index >= 15 is 0 Å². The maximum absolute atomic E-state index is 7.13. The summed E-state index contributed by atoms with van der Waals surface area (Å²) in [6.45, 7) is 50.6. The van der Waals surface area contributed by atoms with Gasteiger partial charge in [0.15, 0.2) is 23.1 Å². The van der Waals surface area contributed by atoms with E-state index in [1.807, 2.05) is 0 Å². The highest BCUT2D eigenvalue weighted by molar-refractivity contribution is 5.43. The summed E-state index contributed by atoms with van der Waals surface area (Å²) in [6.07, 6.45) is 11.8. The van der Waals surface area contributed by atoms with Gasteiger partial charge in [-0.3, -0.25) is 0 Å². The SMILES string of the molecule is CCC1(COc2nc(OCC3(CC)COC4(CC(C)(C)N(c5nc(OCC6(CC)COC7(CC(C)(C)NC(C)(C)C7)OC6)nc(OCC6(CC)COC7(CC(C)(C)NC(C)(C)C7)OC6)n5)C(C)(C)C4)OC3)nc(N3CCCCC3)n2)COC2(CC(C)(C)NC(C)(C)C2)OC1. The van der Waals surface area contributed by atoms with Crippen LogP contribution in [0.2, 0.25) is 0 Å². The smallest absolute Gasteiger partial charge is 0.324 e. The van der Waals surface area contributed by atoms with Crippen molar-refractivity contribution in [1.29, 1.82) is 0 Å². The van der Waals surface area contributed by atoms with Crippen molar-refractivity contribution in [1.82, 2.24) is 45.9 Å². The van der Waals surface area contributed by atoms with Gasteiger partial charge < -0.3 is 82.6 Å². The third-order valence-corrected chi connectivity index (χ3v) is 22.1. The van der Waals surface area contributed by atoms with Crippen molar-refractivity contribution < 1.29 is 56.8 Å². The molecule has 3 N–H and O–H groups in total. The second-order valence-electron chi connectivity index (χ2n) is 36.0. The molecule has 0 atom stereocenters. The molecule has 0 amide bonds. The molecule has 9 aliphatic heterocycles. The van der Waals surface area contributed by atoms with Crippen LogP contribution in [0.25, 0.3) is 0 Å². The van der Waals surface area contributed by atoms with Crippen LogP contribution in [0.5, 0.6) is 24.0 Å². The van der Waals surface area contributed by atoms with Gasteiger partial charge in [-0.1, -0.05) is 27.7 Å². The van der Waals surface area contributed by atoms with Gasteiger partial charge in [-0.25, -0.2) is 0 Å². The molecule has 23 nitrogen and oxygen atoms in total. The van der Waals surface area contributed by atoms with Gasteiger partial charge in [0, 0.05) is 109 Å². The summed E-state index contributed by atoms with van der Waals surface area (Å²) in [7, 11) is 0. The number of hydrogen-bond acceptors (Lipinski definition) is 23. The average molecular weight is 1320 g/mol. The van der Waals surface area contributed by atoms with Crippen LogP contribution < -0.4 is 44.7 Å². The van der Waals surface area contributed by atoms with Crippen LogP contribution >= 0.6 is 0 Å².